The number of rotatable bonds is 4. The predicted molar refractivity (Wildman–Crippen MR) is 95.8 cm³/mol. The Morgan fingerprint density at radius 3 is 2.33 bits per heavy atom. The number of nitriles is 1. The smallest absolute Gasteiger partial charge is 0.190 e. The lowest BCUT2D eigenvalue weighted by atomic mass is 10.2. The third kappa shape index (κ3) is 3.18. The van der Waals surface area contributed by atoms with Gasteiger partial charge in [0, 0.05) is 19.8 Å². The van der Waals surface area contributed by atoms with Crippen LogP contribution in [0.3, 0.4) is 0 Å². The highest BCUT2D eigenvalue weighted by Crippen LogP contribution is 2.19. The molecule has 0 fully saturated rings. The molecule has 0 saturated heterocycles. The molecule has 0 aliphatic carbocycles. The van der Waals surface area contributed by atoms with Crippen molar-refractivity contribution in [2.24, 2.45) is 0 Å². The summed E-state index contributed by atoms with van der Waals surface area (Å²) in [5, 5.41) is 17.4. The molecule has 3 rings (SSSR count). The summed E-state index contributed by atoms with van der Waals surface area (Å²) in [6.07, 6.45) is 3.82. The van der Waals surface area contributed by atoms with E-state index < -0.39 is 0 Å². The molecule has 0 unspecified atom stereocenters. The van der Waals surface area contributed by atoms with Gasteiger partial charge in [0.1, 0.15) is 11.8 Å². The first-order valence-corrected chi connectivity index (χ1v) is 7.56. The predicted octanol–water partition coefficient (Wildman–Crippen LogP) is 3.38. The summed E-state index contributed by atoms with van der Waals surface area (Å²) in [6.45, 7) is 0. The molecule has 0 amide bonds. The molecule has 0 N–H and O–H groups in total. The van der Waals surface area contributed by atoms with Gasteiger partial charge in [0.25, 0.3) is 0 Å². The zero-order chi connectivity index (χ0) is 16.9. The summed E-state index contributed by atoms with van der Waals surface area (Å²) in [5.41, 5.74) is 3.98. The van der Waals surface area contributed by atoms with E-state index in [2.05, 4.69) is 16.4 Å². The van der Waals surface area contributed by atoms with Gasteiger partial charge < -0.3 is 4.90 Å². The van der Waals surface area contributed by atoms with Crippen molar-refractivity contribution in [2.75, 3.05) is 19.0 Å². The van der Waals surface area contributed by atoms with Crippen molar-refractivity contribution in [2.45, 2.75) is 0 Å². The Kier molecular flexibility index (Phi) is 4.39. The molecule has 2 aromatic carbocycles. The van der Waals surface area contributed by atoms with Crippen molar-refractivity contribution in [3.63, 3.8) is 0 Å². The van der Waals surface area contributed by atoms with Crippen molar-refractivity contribution >= 4 is 17.8 Å². The van der Waals surface area contributed by atoms with E-state index in [9.17, 15) is 5.26 Å². The molecular formula is C19H17N5. The topological polar surface area (TPSA) is 57.7 Å². The van der Waals surface area contributed by atoms with Crippen LogP contribution in [0, 0.1) is 11.3 Å². The van der Waals surface area contributed by atoms with Crippen molar-refractivity contribution in [3.8, 4) is 11.8 Å². The third-order valence-electron chi connectivity index (χ3n) is 3.65. The highest BCUT2D eigenvalue weighted by Gasteiger charge is 2.11. The SMILES string of the molecule is CN(C)c1ccc(-n2nnc(C#N)c2/C=C/c2ccccc2)cc1. The van der Waals surface area contributed by atoms with Gasteiger partial charge in [0.05, 0.1) is 5.69 Å². The van der Waals surface area contributed by atoms with E-state index in [1.165, 1.54) is 0 Å². The van der Waals surface area contributed by atoms with Gasteiger partial charge in [-0.15, -0.1) is 5.10 Å². The molecule has 24 heavy (non-hydrogen) atoms. The first-order valence-electron chi connectivity index (χ1n) is 7.56. The van der Waals surface area contributed by atoms with Crippen LogP contribution in [0.1, 0.15) is 17.0 Å². The van der Waals surface area contributed by atoms with E-state index >= 15 is 0 Å². The normalized spacial score (nSPS) is 10.7. The second-order valence-corrected chi connectivity index (χ2v) is 5.50. The minimum Gasteiger partial charge on any atom is -0.378 e. The fourth-order valence-electron chi connectivity index (χ4n) is 2.34. The van der Waals surface area contributed by atoms with Gasteiger partial charge in [-0.3, -0.25) is 0 Å². The number of aromatic nitrogens is 3. The van der Waals surface area contributed by atoms with E-state index in [1.807, 2.05) is 85.7 Å². The number of anilines is 1. The average molecular weight is 315 g/mol. The van der Waals surface area contributed by atoms with Crippen LogP contribution >= 0.6 is 0 Å². The zero-order valence-corrected chi connectivity index (χ0v) is 13.6. The molecule has 118 valence electrons. The van der Waals surface area contributed by atoms with Crippen LogP contribution < -0.4 is 4.90 Å². The Morgan fingerprint density at radius 1 is 1.00 bits per heavy atom. The van der Waals surface area contributed by atoms with E-state index in [-0.39, 0.29) is 0 Å². The molecule has 0 atom stereocenters. The van der Waals surface area contributed by atoms with Crippen LogP contribution in [0.4, 0.5) is 5.69 Å². The molecular weight excluding hydrogens is 298 g/mol. The lowest BCUT2D eigenvalue weighted by Crippen LogP contribution is -2.08. The van der Waals surface area contributed by atoms with Crippen molar-refractivity contribution < 1.29 is 0 Å². The van der Waals surface area contributed by atoms with Gasteiger partial charge in [-0.1, -0.05) is 41.6 Å². The van der Waals surface area contributed by atoms with Crippen LogP contribution in [0.25, 0.3) is 17.8 Å². The van der Waals surface area contributed by atoms with E-state index in [1.54, 1.807) is 4.68 Å². The lowest BCUT2D eigenvalue weighted by molar-refractivity contribution is 0.797. The third-order valence-corrected chi connectivity index (χ3v) is 3.65. The van der Waals surface area contributed by atoms with E-state index in [0.717, 1.165) is 16.9 Å². The molecule has 1 heterocycles. The van der Waals surface area contributed by atoms with Crippen molar-refractivity contribution in [3.05, 3.63) is 71.5 Å². The first kappa shape index (κ1) is 15.5. The van der Waals surface area contributed by atoms with Gasteiger partial charge in [0.15, 0.2) is 5.69 Å². The Hall–Kier alpha value is -3.39. The number of hydrogen-bond donors (Lipinski definition) is 0. The molecule has 0 bridgehead atoms. The van der Waals surface area contributed by atoms with Crippen molar-refractivity contribution in [1.29, 1.82) is 5.26 Å². The molecule has 0 aliphatic heterocycles. The maximum atomic E-state index is 9.29. The largest absolute Gasteiger partial charge is 0.378 e. The van der Waals surface area contributed by atoms with Crippen molar-refractivity contribution in [1.82, 2.24) is 15.0 Å². The van der Waals surface area contributed by atoms with Crippen LogP contribution in [0.15, 0.2) is 54.6 Å². The molecule has 0 aliphatic rings. The summed E-state index contributed by atoms with van der Waals surface area (Å²) < 4.78 is 1.68. The first-order chi connectivity index (χ1) is 11.7. The zero-order valence-electron chi connectivity index (χ0n) is 13.6. The average Bonchev–Trinajstić information content (AvgIpc) is 3.03. The quantitative estimate of drug-likeness (QED) is 0.740. The lowest BCUT2D eigenvalue weighted by Gasteiger charge is -2.12. The highest BCUT2D eigenvalue weighted by molar-refractivity contribution is 5.71. The van der Waals surface area contributed by atoms with Gasteiger partial charge in [0.2, 0.25) is 0 Å². The number of benzene rings is 2. The maximum Gasteiger partial charge on any atom is 0.190 e. The number of hydrogen-bond acceptors (Lipinski definition) is 4. The van der Waals surface area contributed by atoms with Crippen LogP contribution in [-0.2, 0) is 0 Å². The summed E-state index contributed by atoms with van der Waals surface area (Å²) in [6, 6.07) is 20.0. The molecule has 5 nitrogen and oxygen atoms in total. The summed E-state index contributed by atoms with van der Waals surface area (Å²) >= 11 is 0. The van der Waals surface area contributed by atoms with Gasteiger partial charge in [-0.25, -0.2) is 4.68 Å². The molecule has 0 radical (unpaired) electrons. The second-order valence-electron chi connectivity index (χ2n) is 5.50. The van der Waals surface area contributed by atoms with Crippen LogP contribution in [-0.4, -0.2) is 29.1 Å². The van der Waals surface area contributed by atoms with E-state index in [0.29, 0.717) is 11.4 Å². The van der Waals surface area contributed by atoms with Crippen LogP contribution in [0.2, 0.25) is 0 Å². The molecule has 0 saturated carbocycles. The van der Waals surface area contributed by atoms with Gasteiger partial charge >= 0.3 is 0 Å². The van der Waals surface area contributed by atoms with E-state index in [4.69, 9.17) is 0 Å². The van der Waals surface area contributed by atoms with Gasteiger partial charge in [-0.05, 0) is 35.9 Å². The Labute approximate surface area is 141 Å². The monoisotopic (exact) mass is 315 g/mol. The minimum atomic E-state index is 0.305. The van der Waals surface area contributed by atoms with Crippen LogP contribution in [0.5, 0.6) is 0 Å². The molecule has 1 aromatic heterocycles. The second kappa shape index (κ2) is 6.80. The summed E-state index contributed by atoms with van der Waals surface area (Å²) in [5.74, 6) is 0. The van der Waals surface area contributed by atoms with Gasteiger partial charge in [-0.2, -0.15) is 5.26 Å². The molecule has 5 heteroatoms. The molecule has 0 spiro atoms. The summed E-state index contributed by atoms with van der Waals surface area (Å²) in [4.78, 5) is 2.03. The Bertz CT molecular complexity index is 884. The minimum absolute atomic E-state index is 0.305. The maximum absolute atomic E-state index is 9.29. The molecule has 3 aromatic rings. The fraction of sp³-hybridized carbons (Fsp3) is 0.105. The Balaban J connectivity index is 1.99. The highest BCUT2D eigenvalue weighted by atomic mass is 15.4. The Morgan fingerprint density at radius 2 is 1.71 bits per heavy atom. The summed E-state index contributed by atoms with van der Waals surface area (Å²) in [7, 11) is 3.98. The number of nitrogens with zero attached hydrogens (tertiary/aromatic N) is 5. The fourth-order valence-corrected chi connectivity index (χ4v) is 2.34. The standard InChI is InChI=1S/C19H17N5/c1-23(2)16-9-11-17(12-10-16)24-19(18(14-20)21-22-24)13-8-15-6-4-3-5-7-15/h3-13H,1-2H3/b13-8+.